The smallest absolute Gasteiger partial charge is 0.222 e. The van der Waals surface area contributed by atoms with Gasteiger partial charge in [0.05, 0.1) is 0 Å². The number of hydrogen-bond donors (Lipinski definition) is 1. The Morgan fingerprint density at radius 1 is 1.10 bits per heavy atom. The largest absolute Gasteiger partial charge is 0.340 e. The molecule has 0 aromatic heterocycles. The van der Waals surface area contributed by atoms with Crippen LogP contribution in [0.4, 0.5) is 0 Å². The van der Waals surface area contributed by atoms with Crippen molar-refractivity contribution in [1.29, 1.82) is 0 Å². The summed E-state index contributed by atoms with van der Waals surface area (Å²) in [5.74, 6) is 1.22. The zero-order valence-corrected chi connectivity index (χ0v) is 13.2. The van der Waals surface area contributed by atoms with Crippen LogP contribution in [0, 0.1) is 5.92 Å². The van der Waals surface area contributed by atoms with E-state index in [4.69, 9.17) is 5.73 Å². The molecule has 0 atom stereocenters. The first kappa shape index (κ1) is 15.8. The van der Waals surface area contributed by atoms with Crippen LogP contribution in [0.3, 0.4) is 0 Å². The lowest BCUT2D eigenvalue weighted by Gasteiger charge is -2.36. The monoisotopic (exact) mass is 280 g/mol. The van der Waals surface area contributed by atoms with Crippen LogP contribution in [0.15, 0.2) is 0 Å². The van der Waals surface area contributed by atoms with E-state index in [0.717, 1.165) is 57.4 Å². The quantitative estimate of drug-likeness (QED) is 0.810. The summed E-state index contributed by atoms with van der Waals surface area (Å²) in [6.07, 6.45) is 12.8. The molecule has 20 heavy (non-hydrogen) atoms. The molecule has 2 N–H and O–H groups in total. The van der Waals surface area contributed by atoms with Gasteiger partial charge in [-0.1, -0.05) is 32.6 Å². The summed E-state index contributed by atoms with van der Waals surface area (Å²) in [4.78, 5) is 14.7. The molecule has 0 aliphatic heterocycles. The second-order valence-corrected chi connectivity index (χ2v) is 6.84. The average Bonchev–Trinajstić information content (AvgIpc) is 2.97. The van der Waals surface area contributed by atoms with Crippen molar-refractivity contribution < 1.29 is 4.79 Å². The maximum atomic E-state index is 12.6. The number of nitrogens with two attached hydrogens (primary N) is 1. The molecular weight excluding hydrogens is 248 g/mol. The molecule has 0 radical (unpaired) electrons. The van der Waals surface area contributed by atoms with Gasteiger partial charge >= 0.3 is 0 Å². The van der Waals surface area contributed by atoms with Gasteiger partial charge in [0.2, 0.25) is 5.91 Å². The van der Waals surface area contributed by atoms with Crippen molar-refractivity contribution in [3.8, 4) is 0 Å². The topological polar surface area (TPSA) is 46.3 Å². The lowest BCUT2D eigenvalue weighted by Crippen LogP contribution is -2.44. The lowest BCUT2D eigenvalue weighted by atomic mass is 9.90. The molecule has 0 spiro atoms. The highest BCUT2D eigenvalue weighted by molar-refractivity contribution is 5.76. The highest BCUT2D eigenvalue weighted by Crippen LogP contribution is 2.29. The molecule has 0 aromatic carbocycles. The van der Waals surface area contributed by atoms with Crippen LogP contribution < -0.4 is 5.73 Å². The van der Waals surface area contributed by atoms with Crippen molar-refractivity contribution in [2.75, 3.05) is 6.54 Å². The van der Waals surface area contributed by atoms with Crippen LogP contribution in [0.5, 0.6) is 0 Å². The molecule has 3 nitrogen and oxygen atoms in total. The Morgan fingerprint density at radius 3 is 2.35 bits per heavy atom. The third-order valence-corrected chi connectivity index (χ3v) is 5.21. The first-order valence-electron chi connectivity index (χ1n) is 8.75. The van der Waals surface area contributed by atoms with E-state index in [1.807, 2.05) is 0 Å². The maximum Gasteiger partial charge on any atom is 0.222 e. The summed E-state index contributed by atoms with van der Waals surface area (Å²) in [6.45, 7) is 3.11. The van der Waals surface area contributed by atoms with E-state index >= 15 is 0 Å². The maximum absolute atomic E-state index is 12.6. The normalized spacial score (nSPS) is 27.7. The highest BCUT2D eigenvalue weighted by Gasteiger charge is 2.27. The van der Waals surface area contributed by atoms with Crippen molar-refractivity contribution in [2.24, 2.45) is 11.7 Å². The van der Waals surface area contributed by atoms with Gasteiger partial charge in [-0.2, -0.15) is 0 Å². The predicted molar refractivity (Wildman–Crippen MR) is 83.4 cm³/mol. The van der Waals surface area contributed by atoms with E-state index < -0.39 is 0 Å². The van der Waals surface area contributed by atoms with Crippen molar-refractivity contribution >= 4 is 5.91 Å². The van der Waals surface area contributed by atoms with Crippen molar-refractivity contribution in [2.45, 2.75) is 89.6 Å². The number of carbonyl (C=O) groups excluding carboxylic acids is 1. The molecule has 3 heteroatoms. The third-order valence-electron chi connectivity index (χ3n) is 5.21. The van der Waals surface area contributed by atoms with E-state index in [1.165, 1.54) is 25.7 Å². The van der Waals surface area contributed by atoms with Gasteiger partial charge in [-0.15, -0.1) is 0 Å². The molecule has 2 saturated carbocycles. The number of rotatable bonds is 6. The summed E-state index contributed by atoms with van der Waals surface area (Å²) in [5, 5.41) is 0. The Labute approximate surface area is 124 Å². The fraction of sp³-hybridized carbons (Fsp3) is 0.941. The van der Waals surface area contributed by atoms with Crippen LogP contribution in [0.2, 0.25) is 0 Å². The molecular formula is C17H32N2O. The molecule has 0 bridgehead atoms. The Balaban J connectivity index is 1.81. The molecule has 0 saturated heterocycles. The fourth-order valence-corrected chi connectivity index (χ4v) is 3.94. The summed E-state index contributed by atoms with van der Waals surface area (Å²) in [7, 11) is 0. The minimum Gasteiger partial charge on any atom is -0.340 e. The van der Waals surface area contributed by atoms with Gasteiger partial charge in [0.25, 0.3) is 0 Å². The van der Waals surface area contributed by atoms with E-state index in [-0.39, 0.29) is 0 Å². The van der Waals surface area contributed by atoms with Crippen molar-refractivity contribution in [3.05, 3.63) is 0 Å². The van der Waals surface area contributed by atoms with Gasteiger partial charge in [-0.3, -0.25) is 4.79 Å². The van der Waals surface area contributed by atoms with Gasteiger partial charge in [0.15, 0.2) is 0 Å². The first-order valence-corrected chi connectivity index (χ1v) is 8.75. The van der Waals surface area contributed by atoms with Gasteiger partial charge in [-0.05, 0) is 44.4 Å². The summed E-state index contributed by atoms with van der Waals surface area (Å²) in [5.41, 5.74) is 5.99. The lowest BCUT2D eigenvalue weighted by molar-refractivity contribution is -0.134. The first-order chi connectivity index (χ1) is 9.70. The van der Waals surface area contributed by atoms with Crippen molar-refractivity contribution in [3.63, 3.8) is 0 Å². The van der Waals surface area contributed by atoms with E-state index in [9.17, 15) is 4.79 Å². The minimum absolute atomic E-state index is 0.364. The van der Waals surface area contributed by atoms with E-state index in [1.54, 1.807) is 0 Å². The van der Waals surface area contributed by atoms with Crippen LogP contribution >= 0.6 is 0 Å². The molecule has 0 aromatic rings. The molecule has 1 amide bonds. The molecule has 2 aliphatic carbocycles. The summed E-state index contributed by atoms with van der Waals surface area (Å²) in [6, 6.07) is 0.828. The van der Waals surface area contributed by atoms with E-state index in [2.05, 4.69) is 11.8 Å². The fourth-order valence-electron chi connectivity index (χ4n) is 3.94. The highest BCUT2D eigenvalue weighted by atomic mass is 16.2. The van der Waals surface area contributed by atoms with Gasteiger partial charge in [0, 0.05) is 25.0 Å². The Hall–Kier alpha value is -0.570. The average molecular weight is 280 g/mol. The van der Waals surface area contributed by atoms with Crippen LogP contribution in [-0.4, -0.2) is 29.4 Å². The number of carbonyl (C=O) groups is 1. The standard InChI is InChI=1S/C17H32N2O/c1-2-13-19(16-10-8-15(18)9-11-16)17(20)12-7-14-5-3-4-6-14/h14-16H,2-13,18H2,1H3. The van der Waals surface area contributed by atoms with Gasteiger partial charge in [-0.25, -0.2) is 0 Å². The van der Waals surface area contributed by atoms with Gasteiger partial charge in [0.1, 0.15) is 0 Å². The molecule has 2 aliphatic rings. The van der Waals surface area contributed by atoms with Crippen molar-refractivity contribution in [1.82, 2.24) is 4.90 Å². The Bertz CT molecular complexity index is 291. The van der Waals surface area contributed by atoms with E-state index in [0.29, 0.717) is 18.0 Å². The van der Waals surface area contributed by atoms with Crippen LogP contribution in [-0.2, 0) is 4.79 Å². The minimum atomic E-state index is 0.364. The number of amides is 1. The Kier molecular flexibility index (Phi) is 6.34. The SMILES string of the molecule is CCCN(C(=O)CCC1CCCC1)C1CCC(N)CC1. The molecule has 116 valence electrons. The molecule has 0 heterocycles. The summed E-state index contributed by atoms with van der Waals surface area (Å²) >= 11 is 0. The van der Waals surface area contributed by atoms with Crippen LogP contribution in [0.1, 0.15) is 77.6 Å². The van der Waals surface area contributed by atoms with Crippen LogP contribution in [0.25, 0.3) is 0 Å². The number of hydrogen-bond acceptors (Lipinski definition) is 2. The summed E-state index contributed by atoms with van der Waals surface area (Å²) < 4.78 is 0. The second-order valence-electron chi connectivity index (χ2n) is 6.84. The Morgan fingerprint density at radius 2 is 1.75 bits per heavy atom. The van der Waals surface area contributed by atoms with Gasteiger partial charge < -0.3 is 10.6 Å². The zero-order chi connectivity index (χ0) is 14.4. The molecule has 0 unspecified atom stereocenters. The predicted octanol–water partition coefficient (Wildman–Crippen LogP) is 3.47. The zero-order valence-electron chi connectivity index (χ0n) is 13.2. The molecule has 2 rings (SSSR count). The molecule has 2 fully saturated rings. The second kappa shape index (κ2) is 8.02. The third kappa shape index (κ3) is 4.47. The number of nitrogens with zero attached hydrogens (tertiary/aromatic N) is 1.